The molecule has 0 saturated carbocycles. The molecule has 1 amide bonds. The van der Waals surface area contributed by atoms with Crippen molar-refractivity contribution in [2.24, 2.45) is 0 Å². The Morgan fingerprint density at radius 2 is 1.76 bits per heavy atom. The Morgan fingerprint density at radius 1 is 1.12 bits per heavy atom. The number of cyclic esters (lactones) is 1. The van der Waals surface area contributed by atoms with E-state index in [1.807, 2.05) is 32.0 Å². The quantitative estimate of drug-likeness (QED) is 0.889. The van der Waals surface area contributed by atoms with Crippen molar-refractivity contribution < 1.29 is 17.9 Å². The van der Waals surface area contributed by atoms with Gasteiger partial charge in [0.05, 0.1) is 11.4 Å². The number of nitrogens with one attached hydrogen (secondary N) is 1. The monoisotopic (exact) mass is 360 g/mol. The summed E-state index contributed by atoms with van der Waals surface area (Å²) in [7, 11) is -3.62. The molecular weight excluding hydrogens is 340 g/mol. The lowest BCUT2D eigenvalue weighted by molar-refractivity contribution is 0.143. The summed E-state index contributed by atoms with van der Waals surface area (Å²) in [6, 6.07) is 13.9. The van der Waals surface area contributed by atoms with Gasteiger partial charge in [0.1, 0.15) is 6.10 Å². The Labute approximate surface area is 147 Å². The first-order chi connectivity index (χ1) is 11.8. The van der Waals surface area contributed by atoms with Crippen molar-refractivity contribution in [3.8, 4) is 0 Å². The zero-order valence-electron chi connectivity index (χ0n) is 14.1. The van der Waals surface area contributed by atoms with Crippen LogP contribution in [0.4, 0.5) is 10.5 Å². The molecule has 3 rings (SSSR count). The molecule has 0 radical (unpaired) electrons. The summed E-state index contributed by atoms with van der Waals surface area (Å²) in [6.07, 6.45) is -0.999. The van der Waals surface area contributed by atoms with Gasteiger partial charge in [-0.3, -0.25) is 4.90 Å². The molecule has 1 aliphatic rings. The SMILES string of the molecule is Cc1cc(C)cc(N2CC(CNS(=O)(=O)c3ccccc3)OC2=O)c1. The van der Waals surface area contributed by atoms with Crippen molar-refractivity contribution in [2.75, 3.05) is 18.0 Å². The van der Waals surface area contributed by atoms with Crippen LogP contribution in [0, 0.1) is 13.8 Å². The summed E-state index contributed by atoms with van der Waals surface area (Å²) < 4.78 is 32.3. The van der Waals surface area contributed by atoms with Gasteiger partial charge in [-0.25, -0.2) is 17.9 Å². The number of benzene rings is 2. The molecule has 2 aromatic carbocycles. The topological polar surface area (TPSA) is 75.7 Å². The number of ether oxygens (including phenoxy) is 1. The molecule has 1 unspecified atom stereocenters. The maximum atomic E-state index is 12.2. The Balaban J connectivity index is 1.67. The molecule has 1 atom stereocenters. The molecule has 25 heavy (non-hydrogen) atoms. The average molecular weight is 360 g/mol. The third-order valence-electron chi connectivity index (χ3n) is 3.95. The lowest BCUT2D eigenvalue weighted by Gasteiger charge is -2.15. The van der Waals surface area contributed by atoms with Crippen LogP contribution in [0.2, 0.25) is 0 Å². The molecule has 6 nitrogen and oxygen atoms in total. The van der Waals surface area contributed by atoms with Gasteiger partial charge < -0.3 is 4.74 Å². The molecule has 0 bridgehead atoms. The maximum Gasteiger partial charge on any atom is 0.414 e. The second-order valence-electron chi connectivity index (χ2n) is 6.13. The van der Waals surface area contributed by atoms with Crippen molar-refractivity contribution in [1.82, 2.24) is 4.72 Å². The van der Waals surface area contributed by atoms with Crippen LogP contribution in [0.25, 0.3) is 0 Å². The summed E-state index contributed by atoms with van der Waals surface area (Å²) in [5, 5.41) is 0. The largest absolute Gasteiger partial charge is 0.443 e. The number of hydrogen-bond acceptors (Lipinski definition) is 4. The first kappa shape index (κ1) is 17.4. The molecule has 0 spiro atoms. The molecule has 1 saturated heterocycles. The maximum absolute atomic E-state index is 12.2. The summed E-state index contributed by atoms with van der Waals surface area (Å²) in [5.74, 6) is 0. The lowest BCUT2D eigenvalue weighted by Crippen LogP contribution is -2.34. The van der Waals surface area contributed by atoms with Gasteiger partial charge in [-0.05, 0) is 49.2 Å². The van der Waals surface area contributed by atoms with Gasteiger partial charge in [-0.15, -0.1) is 0 Å². The Bertz CT molecular complexity index is 861. The third kappa shape index (κ3) is 4.00. The summed E-state index contributed by atoms with van der Waals surface area (Å²) in [5.41, 5.74) is 2.86. The normalized spacial score (nSPS) is 17.6. The highest BCUT2D eigenvalue weighted by atomic mass is 32.2. The number of aryl methyl sites for hydroxylation is 2. The number of carbonyl (C=O) groups excluding carboxylic acids is 1. The van der Waals surface area contributed by atoms with Gasteiger partial charge in [0.2, 0.25) is 10.0 Å². The van der Waals surface area contributed by atoms with Crippen LogP contribution in [-0.2, 0) is 14.8 Å². The molecule has 1 aliphatic heterocycles. The number of anilines is 1. The van der Waals surface area contributed by atoms with E-state index in [-0.39, 0.29) is 11.4 Å². The van der Waals surface area contributed by atoms with Crippen molar-refractivity contribution in [1.29, 1.82) is 0 Å². The number of hydrogen-bond donors (Lipinski definition) is 1. The van der Waals surface area contributed by atoms with Crippen LogP contribution in [-0.4, -0.2) is 33.7 Å². The Morgan fingerprint density at radius 3 is 2.40 bits per heavy atom. The number of rotatable bonds is 5. The fraction of sp³-hybridized carbons (Fsp3) is 0.278. The van der Waals surface area contributed by atoms with E-state index in [1.54, 1.807) is 18.2 Å². The number of sulfonamides is 1. The Kier molecular flexibility index (Phi) is 4.78. The minimum Gasteiger partial charge on any atom is -0.443 e. The molecule has 2 aromatic rings. The van der Waals surface area contributed by atoms with Gasteiger partial charge in [-0.2, -0.15) is 0 Å². The van der Waals surface area contributed by atoms with Crippen LogP contribution in [0.5, 0.6) is 0 Å². The smallest absolute Gasteiger partial charge is 0.414 e. The van der Waals surface area contributed by atoms with Crippen molar-refractivity contribution in [2.45, 2.75) is 24.8 Å². The molecule has 0 aliphatic carbocycles. The van der Waals surface area contributed by atoms with Gasteiger partial charge in [0, 0.05) is 12.2 Å². The lowest BCUT2D eigenvalue weighted by atomic mass is 10.1. The molecule has 1 N–H and O–H groups in total. The summed E-state index contributed by atoms with van der Waals surface area (Å²) >= 11 is 0. The minimum absolute atomic E-state index is 0.0320. The highest BCUT2D eigenvalue weighted by molar-refractivity contribution is 7.89. The van der Waals surface area contributed by atoms with Crippen molar-refractivity contribution >= 4 is 21.8 Å². The fourth-order valence-corrected chi connectivity index (χ4v) is 3.92. The zero-order chi connectivity index (χ0) is 18.0. The second kappa shape index (κ2) is 6.85. The number of carbonyl (C=O) groups is 1. The minimum atomic E-state index is -3.62. The Hall–Kier alpha value is -2.38. The number of amides is 1. The van der Waals surface area contributed by atoms with E-state index in [9.17, 15) is 13.2 Å². The molecule has 132 valence electrons. The molecule has 0 aromatic heterocycles. The summed E-state index contributed by atoms with van der Waals surface area (Å²) in [4.78, 5) is 13.8. The molecular formula is C18H20N2O4S. The van der Waals surface area contributed by atoms with E-state index >= 15 is 0 Å². The van der Waals surface area contributed by atoms with Gasteiger partial charge >= 0.3 is 6.09 Å². The van der Waals surface area contributed by atoms with Crippen LogP contribution in [0.15, 0.2) is 53.4 Å². The van der Waals surface area contributed by atoms with E-state index in [0.717, 1.165) is 16.8 Å². The highest BCUT2D eigenvalue weighted by Gasteiger charge is 2.33. The predicted octanol–water partition coefficient (Wildman–Crippen LogP) is 2.61. The van der Waals surface area contributed by atoms with E-state index in [4.69, 9.17) is 4.74 Å². The van der Waals surface area contributed by atoms with Crippen molar-refractivity contribution in [3.05, 3.63) is 59.7 Å². The van der Waals surface area contributed by atoms with E-state index < -0.39 is 22.2 Å². The first-order valence-corrected chi connectivity index (χ1v) is 9.44. The van der Waals surface area contributed by atoms with Gasteiger partial charge in [-0.1, -0.05) is 24.3 Å². The molecule has 1 fully saturated rings. The highest BCUT2D eigenvalue weighted by Crippen LogP contribution is 2.24. The van der Waals surface area contributed by atoms with Crippen molar-refractivity contribution in [3.63, 3.8) is 0 Å². The van der Waals surface area contributed by atoms with Crippen LogP contribution >= 0.6 is 0 Å². The van der Waals surface area contributed by atoms with Gasteiger partial charge in [0.15, 0.2) is 0 Å². The van der Waals surface area contributed by atoms with Crippen LogP contribution in [0.3, 0.4) is 0 Å². The fourth-order valence-electron chi connectivity index (χ4n) is 2.83. The van der Waals surface area contributed by atoms with E-state index in [1.165, 1.54) is 17.0 Å². The summed E-state index contributed by atoms with van der Waals surface area (Å²) in [6.45, 7) is 4.26. The van der Waals surface area contributed by atoms with Gasteiger partial charge in [0.25, 0.3) is 0 Å². The predicted molar refractivity (Wildman–Crippen MR) is 95.2 cm³/mol. The first-order valence-electron chi connectivity index (χ1n) is 7.96. The van der Waals surface area contributed by atoms with E-state index in [0.29, 0.717) is 6.54 Å². The van der Waals surface area contributed by atoms with Crippen LogP contribution in [0.1, 0.15) is 11.1 Å². The van der Waals surface area contributed by atoms with E-state index in [2.05, 4.69) is 4.72 Å². The zero-order valence-corrected chi connectivity index (χ0v) is 14.9. The third-order valence-corrected chi connectivity index (χ3v) is 5.39. The standard InChI is InChI=1S/C18H20N2O4S/c1-13-8-14(2)10-15(9-13)20-12-16(24-18(20)21)11-19-25(22,23)17-6-4-3-5-7-17/h3-10,16,19H,11-12H2,1-2H3. The van der Waals surface area contributed by atoms with Crippen LogP contribution < -0.4 is 9.62 Å². The number of nitrogens with zero attached hydrogens (tertiary/aromatic N) is 1. The molecule has 1 heterocycles. The average Bonchev–Trinajstić information content (AvgIpc) is 2.94. The molecule has 7 heteroatoms. The second-order valence-corrected chi connectivity index (χ2v) is 7.89.